The summed E-state index contributed by atoms with van der Waals surface area (Å²) in [6.45, 7) is -0.155. The molecule has 1 heterocycles. The number of halogens is 1. The molecular formula is C21H20BrN3O3S2. The number of sulfonamides is 1. The second-order valence-corrected chi connectivity index (χ2v) is 10.2. The number of amides is 1. The maximum atomic E-state index is 13.2. The Morgan fingerprint density at radius 3 is 2.47 bits per heavy atom. The molecule has 1 aromatic heterocycles. The fourth-order valence-corrected chi connectivity index (χ4v) is 4.91. The van der Waals surface area contributed by atoms with Gasteiger partial charge in [0.25, 0.3) is 5.91 Å². The molecule has 0 aliphatic carbocycles. The number of hydrazone groups is 1. The minimum atomic E-state index is -3.85. The summed E-state index contributed by atoms with van der Waals surface area (Å²) in [5.41, 5.74) is 3.40. The third-order valence-electron chi connectivity index (χ3n) is 4.19. The van der Waals surface area contributed by atoms with E-state index in [0.29, 0.717) is 6.42 Å². The van der Waals surface area contributed by atoms with Crippen molar-refractivity contribution in [1.29, 1.82) is 0 Å². The van der Waals surface area contributed by atoms with Gasteiger partial charge in [0.1, 0.15) is 0 Å². The highest BCUT2D eigenvalue weighted by Crippen LogP contribution is 2.19. The zero-order valence-electron chi connectivity index (χ0n) is 15.9. The van der Waals surface area contributed by atoms with E-state index in [1.807, 2.05) is 47.8 Å². The van der Waals surface area contributed by atoms with Gasteiger partial charge in [-0.2, -0.15) is 9.41 Å². The molecule has 3 aromatic rings. The second kappa shape index (κ2) is 10.6. The van der Waals surface area contributed by atoms with Crippen LogP contribution in [0.4, 0.5) is 0 Å². The number of rotatable bonds is 9. The quantitative estimate of drug-likeness (QED) is 0.353. The van der Waals surface area contributed by atoms with Crippen molar-refractivity contribution in [3.8, 4) is 0 Å². The molecule has 0 bridgehead atoms. The Morgan fingerprint density at radius 2 is 1.80 bits per heavy atom. The van der Waals surface area contributed by atoms with Crippen LogP contribution in [0.25, 0.3) is 0 Å². The van der Waals surface area contributed by atoms with Crippen molar-refractivity contribution < 1.29 is 13.2 Å². The summed E-state index contributed by atoms with van der Waals surface area (Å²) in [4.78, 5) is 13.4. The molecule has 0 radical (unpaired) electrons. The Bertz CT molecular complexity index is 1080. The van der Waals surface area contributed by atoms with Crippen molar-refractivity contribution in [2.75, 3.05) is 13.1 Å². The second-order valence-electron chi connectivity index (χ2n) is 6.34. The number of hydrogen-bond acceptors (Lipinski definition) is 5. The normalized spacial score (nSPS) is 11.8. The van der Waals surface area contributed by atoms with Gasteiger partial charge < -0.3 is 0 Å². The van der Waals surface area contributed by atoms with E-state index in [9.17, 15) is 13.2 Å². The molecule has 0 saturated heterocycles. The van der Waals surface area contributed by atoms with Gasteiger partial charge >= 0.3 is 0 Å². The SMILES string of the molecule is O=C(CN(CCc1ccccc1)S(=O)(=O)c1ccc(Br)cc1)N/N=C/c1cccs1. The molecule has 0 saturated carbocycles. The maximum Gasteiger partial charge on any atom is 0.255 e. The van der Waals surface area contributed by atoms with Gasteiger partial charge in [-0.1, -0.05) is 52.3 Å². The van der Waals surface area contributed by atoms with Crippen LogP contribution < -0.4 is 5.43 Å². The highest BCUT2D eigenvalue weighted by Gasteiger charge is 2.26. The molecule has 156 valence electrons. The van der Waals surface area contributed by atoms with Gasteiger partial charge in [0.2, 0.25) is 10.0 Å². The highest BCUT2D eigenvalue weighted by molar-refractivity contribution is 9.10. The fourth-order valence-electron chi connectivity index (χ4n) is 2.67. The number of carbonyl (C=O) groups excluding carboxylic acids is 1. The third kappa shape index (κ3) is 6.33. The minimum Gasteiger partial charge on any atom is -0.272 e. The lowest BCUT2D eigenvalue weighted by atomic mass is 10.1. The predicted molar refractivity (Wildman–Crippen MR) is 123 cm³/mol. The van der Waals surface area contributed by atoms with E-state index in [2.05, 4.69) is 26.5 Å². The Hall–Kier alpha value is -2.33. The van der Waals surface area contributed by atoms with Crippen molar-refractivity contribution >= 4 is 49.4 Å². The first-order valence-electron chi connectivity index (χ1n) is 9.10. The van der Waals surface area contributed by atoms with Crippen LogP contribution in [0.15, 0.2) is 86.6 Å². The van der Waals surface area contributed by atoms with E-state index in [-0.39, 0.29) is 18.0 Å². The van der Waals surface area contributed by atoms with Crippen LogP contribution in [0, 0.1) is 0 Å². The van der Waals surface area contributed by atoms with Gasteiger partial charge in [0.15, 0.2) is 0 Å². The third-order valence-corrected chi connectivity index (χ3v) is 7.38. The smallest absolute Gasteiger partial charge is 0.255 e. The summed E-state index contributed by atoms with van der Waals surface area (Å²) in [7, 11) is -3.85. The topological polar surface area (TPSA) is 78.8 Å². The maximum absolute atomic E-state index is 13.2. The predicted octanol–water partition coefficient (Wildman–Crippen LogP) is 3.89. The molecule has 30 heavy (non-hydrogen) atoms. The van der Waals surface area contributed by atoms with Crippen molar-refractivity contribution in [3.63, 3.8) is 0 Å². The molecule has 0 atom stereocenters. The summed E-state index contributed by atoms with van der Waals surface area (Å²) >= 11 is 4.79. The number of nitrogens with one attached hydrogen (secondary N) is 1. The first kappa shape index (κ1) is 22.4. The summed E-state index contributed by atoms with van der Waals surface area (Å²) in [5, 5.41) is 5.81. The molecule has 2 aromatic carbocycles. The summed E-state index contributed by atoms with van der Waals surface area (Å²) in [6.07, 6.45) is 2.02. The molecule has 6 nitrogen and oxygen atoms in total. The van der Waals surface area contributed by atoms with Crippen LogP contribution in [-0.2, 0) is 21.2 Å². The molecule has 9 heteroatoms. The number of thiophene rings is 1. The van der Waals surface area contributed by atoms with Crippen LogP contribution in [0.2, 0.25) is 0 Å². The summed E-state index contributed by atoms with van der Waals surface area (Å²) in [5.74, 6) is -0.503. The molecule has 3 rings (SSSR count). The molecular weight excluding hydrogens is 486 g/mol. The van der Waals surface area contributed by atoms with E-state index in [4.69, 9.17) is 0 Å². The van der Waals surface area contributed by atoms with Gasteiger partial charge in [-0.15, -0.1) is 11.3 Å². The number of nitrogens with zero attached hydrogens (tertiary/aromatic N) is 2. The zero-order valence-corrected chi connectivity index (χ0v) is 19.2. The number of carbonyl (C=O) groups is 1. The van der Waals surface area contributed by atoms with Gasteiger partial charge in [0.05, 0.1) is 17.7 Å². The van der Waals surface area contributed by atoms with Gasteiger partial charge in [-0.25, -0.2) is 13.8 Å². The molecule has 0 aliphatic heterocycles. The molecule has 1 N–H and O–H groups in total. The highest BCUT2D eigenvalue weighted by atomic mass is 79.9. The Kier molecular flexibility index (Phi) is 7.92. The van der Waals surface area contributed by atoms with Crippen LogP contribution in [0.1, 0.15) is 10.4 Å². The standard InChI is InChI=1S/C21H20BrN3O3S2/c22-18-8-10-20(11-9-18)30(27,28)25(13-12-17-5-2-1-3-6-17)16-21(26)24-23-15-19-7-4-14-29-19/h1-11,14-15H,12-13,16H2,(H,24,26)/b23-15+. The molecule has 0 spiro atoms. The molecule has 0 unspecified atom stereocenters. The van der Waals surface area contributed by atoms with Crippen LogP contribution in [0.5, 0.6) is 0 Å². The van der Waals surface area contributed by atoms with Crippen molar-refractivity contribution in [3.05, 3.63) is 87.0 Å². The van der Waals surface area contributed by atoms with E-state index >= 15 is 0 Å². The Morgan fingerprint density at radius 1 is 1.07 bits per heavy atom. The van der Waals surface area contributed by atoms with Gasteiger partial charge in [-0.05, 0) is 47.7 Å². The number of benzene rings is 2. The Labute approximate surface area is 188 Å². The first-order valence-corrected chi connectivity index (χ1v) is 12.2. The fraction of sp³-hybridized carbons (Fsp3) is 0.143. The van der Waals surface area contributed by atoms with Crippen LogP contribution in [0.3, 0.4) is 0 Å². The monoisotopic (exact) mass is 505 g/mol. The average Bonchev–Trinajstić information content (AvgIpc) is 3.25. The van der Waals surface area contributed by atoms with E-state index in [1.165, 1.54) is 34.0 Å². The Balaban J connectivity index is 1.74. The van der Waals surface area contributed by atoms with Crippen molar-refractivity contribution in [2.45, 2.75) is 11.3 Å². The van der Waals surface area contributed by atoms with Crippen molar-refractivity contribution in [2.24, 2.45) is 5.10 Å². The van der Waals surface area contributed by atoms with Gasteiger partial charge in [0, 0.05) is 15.9 Å². The lowest BCUT2D eigenvalue weighted by Gasteiger charge is -2.21. The van der Waals surface area contributed by atoms with Crippen molar-refractivity contribution in [1.82, 2.24) is 9.73 Å². The van der Waals surface area contributed by atoms with E-state index in [1.54, 1.807) is 12.1 Å². The lowest BCUT2D eigenvalue weighted by Crippen LogP contribution is -2.40. The van der Waals surface area contributed by atoms with Crippen LogP contribution in [-0.4, -0.2) is 37.9 Å². The van der Waals surface area contributed by atoms with Gasteiger partial charge in [-0.3, -0.25) is 4.79 Å². The zero-order chi connectivity index (χ0) is 21.4. The lowest BCUT2D eigenvalue weighted by molar-refractivity contribution is -0.121. The minimum absolute atomic E-state index is 0.133. The van der Waals surface area contributed by atoms with E-state index < -0.39 is 15.9 Å². The summed E-state index contributed by atoms with van der Waals surface area (Å²) in [6, 6.07) is 19.6. The first-order chi connectivity index (χ1) is 14.4. The number of hydrogen-bond donors (Lipinski definition) is 1. The largest absolute Gasteiger partial charge is 0.272 e. The van der Waals surface area contributed by atoms with E-state index in [0.717, 1.165) is 14.9 Å². The molecule has 0 aliphatic rings. The molecule has 1 amide bonds. The summed E-state index contributed by atoms with van der Waals surface area (Å²) < 4.78 is 28.3. The average molecular weight is 506 g/mol. The molecule has 0 fully saturated rings. The van der Waals surface area contributed by atoms with Crippen LogP contribution >= 0.6 is 27.3 Å².